The van der Waals surface area contributed by atoms with Crippen molar-refractivity contribution in [3.63, 3.8) is 0 Å². The lowest BCUT2D eigenvalue weighted by Gasteiger charge is -2.45. The maximum Gasteiger partial charge on any atom is 0.275 e. The van der Waals surface area contributed by atoms with Crippen molar-refractivity contribution in [2.75, 3.05) is 44.2 Å². The summed E-state index contributed by atoms with van der Waals surface area (Å²) in [6.07, 6.45) is 14.5. The van der Waals surface area contributed by atoms with Crippen molar-refractivity contribution < 1.29 is 18.3 Å². The molecule has 2 saturated heterocycles. The molecule has 3 aromatic heterocycles. The van der Waals surface area contributed by atoms with Gasteiger partial charge < -0.3 is 29.5 Å². The predicted octanol–water partition coefficient (Wildman–Crippen LogP) is 5.96. The van der Waals surface area contributed by atoms with Crippen molar-refractivity contribution in [2.24, 2.45) is 7.05 Å². The van der Waals surface area contributed by atoms with Gasteiger partial charge in [0.2, 0.25) is 5.95 Å². The Kier molecular flexibility index (Phi) is 10.9. The fourth-order valence-corrected chi connectivity index (χ4v) is 10.6. The zero-order valence-corrected chi connectivity index (χ0v) is 35.9. The molecule has 12 nitrogen and oxygen atoms in total. The Morgan fingerprint density at radius 1 is 0.951 bits per heavy atom. The minimum Gasteiger partial charge on any atom is -0.393 e. The number of fused-ring (bicyclic) bond motifs is 2. The molecular formula is C48H53N7O5S. The summed E-state index contributed by atoms with van der Waals surface area (Å²) in [6.45, 7) is 8.04. The second-order valence-corrected chi connectivity index (χ2v) is 19.1. The topological polar surface area (TPSA) is 135 Å². The van der Waals surface area contributed by atoms with E-state index in [9.17, 15) is 18.3 Å². The van der Waals surface area contributed by atoms with Crippen LogP contribution in [0.3, 0.4) is 0 Å². The number of pyridine rings is 1. The van der Waals surface area contributed by atoms with E-state index in [1.165, 1.54) is 10.8 Å². The van der Waals surface area contributed by atoms with Crippen LogP contribution in [0.1, 0.15) is 62.3 Å². The summed E-state index contributed by atoms with van der Waals surface area (Å²) in [6, 6.07) is 24.4. The van der Waals surface area contributed by atoms with Gasteiger partial charge in [0.25, 0.3) is 15.6 Å². The first-order valence-corrected chi connectivity index (χ1v) is 22.7. The van der Waals surface area contributed by atoms with E-state index in [0.29, 0.717) is 46.1 Å². The van der Waals surface area contributed by atoms with Crippen molar-refractivity contribution in [1.29, 1.82) is 0 Å². The molecule has 9 rings (SSSR count). The molecule has 3 aromatic carbocycles. The minimum absolute atomic E-state index is 0.0357. The van der Waals surface area contributed by atoms with E-state index in [0.717, 1.165) is 85.4 Å². The number of piperidine rings is 2. The summed E-state index contributed by atoms with van der Waals surface area (Å²) >= 11 is 0. The molecule has 0 spiro atoms. The SMILES string of the molecule is C#CCNC1(C)CCN(C2CCN(c3nc(C(CO)(OC4CC4)c4ccccc4)c4cc(-c5cn(C)c(=O)c6c5ccn6S(=O)(=O)c5ccc(C)cc5)ccc4n3)CC2)CC1. The highest BCUT2D eigenvalue weighted by Gasteiger charge is 2.44. The highest BCUT2D eigenvalue weighted by atomic mass is 32.2. The van der Waals surface area contributed by atoms with Crippen molar-refractivity contribution in [3.05, 3.63) is 118 Å². The molecule has 61 heavy (non-hydrogen) atoms. The molecule has 316 valence electrons. The Labute approximate surface area is 357 Å². The molecule has 0 radical (unpaired) electrons. The van der Waals surface area contributed by atoms with Crippen LogP contribution in [0.15, 0.2) is 101 Å². The number of anilines is 1. The third-order valence-corrected chi connectivity index (χ3v) is 14.8. The first-order valence-electron chi connectivity index (χ1n) is 21.3. The molecule has 1 atom stereocenters. The zero-order valence-electron chi connectivity index (χ0n) is 35.0. The Hall–Kier alpha value is -5.36. The van der Waals surface area contributed by atoms with Crippen LogP contribution >= 0.6 is 0 Å². The molecule has 0 bridgehead atoms. The Bertz CT molecular complexity index is 2800. The number of nitrogens with one attached hydrogen (secondary N) is 1. The highest BCUT2D eigenvalue weighted by Crippen LogP contribution is 2.43. The van der Waals surface area contributed by atoms with E-state index >= 15 is 0 Å². The van der Waals surface area contributed by atoms with Gasteiger partial charge in [0.05, 0.1) is 35.4 Å². The molecule has 2 N–H and O–H groups in total. The van der Waals surface area contributed by atoms with Gasteiger partial charge in [-0.3, -0.25) is 4.79 Å². The number of nitrogens with zero attached hydrogens (tertiary/aromatic N) is 6. The van der Waals surface area contributed by atoms with E-state index in [1.54, 1.807) is 43.6 Å². The first-order chi connectivity index (χ1) is 29.4. The Morgan fingerprint density at radius 2 is 1.67 bits per heavy atom. The quantitative estimate of drug-likeness (QED) is 0.142. The average molecular weight is 840 g/mol. The van der Waals surface area contributed by atoms with Crippen molar-refractivity contribution in [2.45, 2.75) is 80.6 Å². The second-order valence-electron chi connectivity index (χ2n) is 17.3. The van der Waals surface area contributed by atoms with Gasteiger partial charge in [-0.2, -0.15) is 0 Å². The molecule has 1 unspecified atom stereocenters. The van der Waals surface area contributed by atoms with Crippen LogP contribution in [0, 0.1) is 19.3 Å². The number of benzene rings is 3. The number of terminal acetylenes is 1. The fourth-order valence-electron chi connectivity index (χ4n) is 9.21. The van der Waals surface area contributed by atoms with Crippen LogP contribution in [0.4, 0.5) is 5.95 Å². The monoisotopic (exact) mass is 839 g/mol. The molecule has 0 amide bonds. The standard InChI is InChI=1S/C48H53N7O5S/c1-5-24-49-47(3)22-28-53(29-23-47)36-19-25-54(26-20-36)46-50-42-18-13-34(30-40(42)44(51-46)48(32-56,60-37-14-15-37)35-9-7-6-8-10-35)41-31-52(4)45(57)43-39(41)21-27-55(43)61(58,59)38-16-11-33(2)12-17-38/h1,6-13,16-18,21,27,30-31,36-37,49,56H,14-15,19-20,22-26,28-29,32H2,2-4H3. The maximum atomic E-state index is 14.0. The number of hydrogen-bond acceptors (Lipinski definition) is 10. The molecule has 1 saturated carbocycles. The third-order valence-electron chi connectivity index (χ3n) is 13.1. The lowest BCUT2D eigenvalue weighted by Crippen LogP contribution is -2.55. The lowest BCUT2D eigenvalue weighted by molar-refractivity contribution is -0.0672. The number of rotatable bonds is 12. The molecule has 5 heterocycles. The van der Waals surface area contributed by atoms with Gasteiger partial charge in [0.1, 0.15) is 5.52 Å². The van der Waals surface area contributed by atoms with E-state index in [1.807, 2.05) is 55.5 Å². The van der Waals surface area contributed by atoms with Crippen molar-refractivity contribution in [1.82, 2.24) is 28.7 Å². The van der Waals surface area contributed by atoms with Gasteiger partial charge in [-0.15, -0.1) is 6.42 Å². The molecule has 13 heteroatoms. The van der Waals surface area contributed by atoms with Gasteiger partial charge in [0.15, 0.2) is 5.60 Å². The summed E-state index contributed by atoms with van der Waals surface area (Å²) < 4.78 is 37.4. The summed E-state index contributed by atoms with van der Waals surface area (Å²) in [7, 11) is -2.46. The third kappa shape index (κ3) is 7.65. The number of likely N-dealkylation sites (tertiary alicyclic amines) is 1. The molecule has 1 aliphatic carbocycles. The predicted molar refractivity (Wildman–Crippen MR) is 239 cm³/mol. The summed E-state index contributed by atoms with van der Waals surface area (Å²) in [5, 5.41) is 16.3. The molecular weight excluding hydrogens is 787 g/mol. The second kappa shape index (κ2) is 16.2. The van der Waals surface area contributed by atoms with Gasteiger partial charge >= 0.3 is 0 Å². The number of ether oxygens (including phenoxy) is 1. The van der Waals surface area contributed by atoms with Crippen LogP contribution in [-0.2, 0) is 27.4 Å². The molecule has 2 aliphatic heterocycles. The molecule has 3 aliphatic rings. The van der Waals surface area contributed by atoms with Crippen LogP contribution in [0.2, 0.25) is 0 Å². The average Bonchev–Trinajstić information content (AvgIpc) is 3.99. The van der Waals surface area contributed by atoms with Gasteiger partial charge in [-0.25, -0.2) is 22.4 Å². The number of aromatic nitrogens is 4. The molecule has 6 aromatic rings. The first kappa shape index (κ1) is 41.0. The van der Waals surface area contributed by atoms with Crippen LogP contribution < -0.4 is 15.8 Å². The van der Waals surface area contributed by atoms with Crippen LogP contribution in [-0.4, -0.2) is 93.9 Å². The highest BCUT2D eigenvalue weighted by molar-refractivity contribution is 7.90. The fraction of sp³-hybridized carbons (Fsp3) is 0.396. The number of aliphatic hydroxyl groups is 1. The van der Waals surface area contributed by atoms with E-state index < -0.39 is 21.2 Å². The zero-order chi connectivity index (χ0) is 42.5. The Balaban J connectivity index is 1.12. The van der Waals surface area contributed by atoms with E-state index in [2.05, 4.69) is 28.0 Å². The van der Waals surface area contributed by atoms with Crippen LogP contribution in [0.25, 0.3) is 32.9 Å². The lowest BCUT2D eigenvalue weighted by atomic mass is 9.87. The van der Waals surface area contributed by atoms with Crippen molar-refractivity contribution in [3.8, 4) is 23.5 Å². The van der Waals surface area contributed by atoms with Gasteiger partial charge in [-0.05, 0) is 93.8 Å². The number of hydrogen-bond donors (Lipinski definition) is 2. The van der Waals surface area contributed by atoms with Gasteiger partial charge in [0, 0.05) is 73.5 Å². The Morgan fingerprint density at radius 3 is 2.34 bits per heavy atom. The smallest absolute Gasteiger partial charge is 0.275 e. The normalized spacial score (nSPS) is 18.6. The van der Waals surface area contributed by atoms with E-state index in [4.69, 9.17) is 21.1 Å². The summed E-state index contributed by atoms with van der Waals surface area (Å²) in [5.74, 6) is 3.31. The molecule has 3 fully saturated rings. The van der Waals surface area contributed by atoms with Gasteiger partial charge in [-0.1, -0.05) is 60.0 Å². The van der Waals surface area contributed by atoms with Crippen LogP contribution in [0.5, 0.6) is 0 Å². The summed E-state index contributed by atoms with van der Waals surface area (Å²) in [4.78, 5) is 29.3. The maximum absolute atomic E-state index is 14.0. The largest absolute Gasteiger partial charge is 0.393 e. The minimum atomic E-state index is -4.09. The summed E-state index contributed by atoms with van der Waals surface area (Å²) in [5.41, 5.74) is 2.75. The van der Waals surface area contributed by atoms with Crippen molar-refractivity contribution >= 4 is 37.8 Å². The van der Waals surface area contributed by atoms with E-state index in [-0.39, 0.29) is 28.7 Å². The number of aliphatic hydroxyl groups excluding tert-OH is 1. The number of aryl methyl sites for hydroxylation is 2.